The molecule has 3 amide bonds. The van der Waals surface area contributed by atoms with Crippen LogP contribution < -0.4 is 16.4 Å². The summed E-state index contributed by atoms with van der Waals surface area (Å²) in [6, 6.07) is 13.2. The van der Waals surface area contributed by atoms with Crippen LogP contribution in [0, 0.1) is 0 Å². The second kappa shape index (κ2) is 9.06. The molecule has 0 bridgehead atoms. The number of hydrogen-bond acceptors (Lipinski definition) is 5. The molecule has 1 unspecified atom stereocenters. The Morgan fingerprint density at radius 1 is 1.03 bits per heavy atom. The number of carbonyl (C=O) groups excluding carboxylic acids is 3. The number of anilines is 1. The highest BCUT2D eigenvalue weighted by atomic mass is 32.2. The van der Waals surface area contributed by atoms with E-state index in [0.717, 1.165) is 0 Å². The van der Waals surface area contributed by atoms with Gasteiger partial charge in [-0.1, -0.05) is 18.2 Å². The van der Waals surface area contributed by atoms with Gasteiger partial charge in [0.2, 0.25) is 21.8 Å². The first-order valence-corrected chi connectivity index (χ1v) is 10.8. The van der Waals surface area contributed by atoms with Crippen molar-refractivity contribution in [2.24, 2.45) is 5.73 Å². The van der Waals surface area contributed by atoms with Crippen LogP contribution in [0.4, 0.5) is 5.69 Å². The van der Waals surface area contributed by atoms with Gasteiger partial charge in [0.25, 0.3) is 5.91 Å². The number of nitrogens with one attached hydrogen (secondary N) is 2. The number of benzene rings is 2. The van der Waals surface area contributed by atoms with Crippen molar-refractivity contribution >= 4 is 33.4 Å². The van der Waals surface area contributed by atoms with Gasteiger partial charge < -0.3 is 16.4 Å². The van der Waals surface area contributed by atoms with Crippen LogP contribution in [0.1, 0.15) is 23.2 Å². The molecule has 0 radical (unpaired) electrons. The minimum atomic E-state index is -3.77. The minimum absolute atomic E-state index is 0.149. The maximum absolute atomic E-state index is 12.9. The van der Waals surface area contributed by atoms with Crippen molar-refractivity contribution in [3.63, 3.8) is 0 Å². The number of hydrogen-bond donors (Lipinski definition) is 3. The van der Waals surface area contributed by atoms with Crippen LogP contribution in [0.5, 0.6) is 0 Å². The molecule has 1 saturated heterocycles. The smallest absolute Gasteiger partial charge is 0.251 e. The molecule has 1 heterocycles. The zero-order valence-corrected chi connectivity index (χ0v) is 16.9. The highest BCUT2D eigenvalue weighted by molar-refractivity contribution is 7.89. The predicted molar refractivity (Wildman–Crippen MR) is 110 cm³/mol. The van der Waals surface area contributed by atoms with Crippen molar-refractivity contribution < 1.29 is 22.8 Å². The Morgan fingerprint density at radius 2 is 1.70 bits per heavy atom. The van der Waals surface area contributed by atoms with Crippen molar-refractivity contribution in [3.05, 3.63) is 60.2 Å². The van der Waals surface area contributed by atoms with Gasteiger partial charge in [0.15, 0.2) is 0 Å². The van der Waals surface area contributed by atoms with Crippen LogP contribution in [0.15, 0.2) is 59.5 Å². The first-order chi connectivity index (χ1) is 14.3. The first kappa shape index (κ1) is 21.5. The van der Waals surface area contributed by atoms with E-state index in [9.17, 15) is 22.8 Å². The second-order valence-electron chi connectivity index (χ2n) is 6.80. The van der Waals surface area contributed by atoms with Gasteiger partial charge in [-0.25, -0.2) is 8.42 Å². The fraction of sp³-hybridized carbons (Fsp3) is 0.250. The van der Waals surface area contributed by atoms with E-state index in [1.807, 2.05) is 0 Å². The van der Waals surface area contributed by atoms with Crippen molar-refractivity contribution in [1.29, 1.82) is 0 Å². The molecule has 4 N–H and O–H groups in total. The van der Waals surface area contributed by atoms with E-state index in [0.29, 0.717) is 24.1 Å². The van der Waals surface area contributed by atoms with Crippen LogP contribution in [0.3, 0.4) is 0 Å². The van der Waals surface area contributed by atoms with Gasteiger partial charge in [0, 0.05) is 17.8 Å². The zero-order chi connectivity index (χ0) is 21.7. The lowest BCUT2D eigenvalue weighted by molar-refractivity contribution is -0.119. The van der Waals surface area contributed by atoms with Gasteiger partial charge in [-0.2, -0.15) is 4.31 Å². The fourth-order valence-electron chi connectivity index (χ4n) is 3.22. The zero-order valence-electron chi connectivity index (χ0n) is 16.1. The molecule has 0 aromatic heterocycles. The highest BCUT2D eigenvalue weighted by Crippen LogP contribution is 2.27. The Balaban J connectivity index is 1.68. The van der Waals surface area contributed by atoms with E-state index in [4.69, 9.17) is 5.73 Å². The summed E-state index contributed by atoms with van der Waals surface area (Å²) in [4.78, 5) is 35.5. The second-order valence-corrected chi connectivity index (χ2v) is 8.69. The molecule has 0 spiro atoms. The number of carbonyl (C=O) groups is 3. The maximum atomic E-state index is 12.9. The van der Waals surface area contributed by atoms with Crippen LogP contribution in [0.25, 0.3) is 0 Å². The van der Waals surface area contributed by atoms with Gasteiger partial charge in [-0.15, -0.1) is 0 Å². The fourth-order valence-corrected chi connectivity index (χ4v) is 4.90. The molecule has 0 aliphatic carbocycles. The lowest BCUT2D eigenvalue weighted by Crippen LogP contribution is -2.43. The predicted octanol–water partition coefficient (Wildman–Crippen LogP) is 0.693. The SMILES string of the molecule is NC(=O)CNC(=O)c1ccc(NC(=O)C2CCCN2S(=O)(=O)c2ccccc2)cc1. The van der Waals surface area contributed by atoms with E-state index in [2.05, 4.69) is 10.6 Å². The Bertz CT molecular complexity index is 1040. The molecule has 30 heavy (non-hydrogen) atoms. The summed E-state index contributed by atoms with van der Waals surface area (Å²) < 4.78 is 27.0. The van der Waals surface area contributed by atoms with E-state index >= 15 is 0 Å². The number of nitrogens with two attached hydrogens (primary N) is 1. The number of amides is 3. The van der Waals surface area contributed by atoms with Crippen LogP contribution >= 0.6 is 0 Å². The van der Waals surface area contributed by atoms with Crippen molar-refractivity contribution in [2.75, 3.05) is 18.4 Å². The summed E-state index contributed by atoms with van der Waals surface area (Å²) in [6.45, 7) is -0.000982. The summed E-state index contributed by atoms with van der Waals surface area (Å²) in [6.07, 6.45) is 1.01. The van der Waals surface area contributed by atoms with Gasteiger partial charge >= 0.3 is 0 Å². The van der Waals surface area contributed by atoms with Crippen molar-refractivity contribution in [3.8, 4) is 0 Å². The lowest BCUT2D eigenvalue weighted by atomic mass is 10.1. The molecule has 2 aromatic rings. The van der Waals surface area contributed by atoms with Gasteiger partial charge in [-0.05, 0) is 49.2 Å². The van der Waals surface area contributed by atoms with Gasteiger partial charge in [-0.3, -0.25) is 14.4 Å². The molecule has 1 fully saturated rings. The topological polar surface area (TPSA) is 139 Å². The molecule has 9 nitrogen and oxygen atoms in total. The maximum Gasteiger partial charge on any atom is 0.251 e. The Hall–Kier alpha value is -3.24. The first-order valence-electron chi connectivity index (χ1n) is 9.33. The summed E-state index contributed by atoms with van der Waals surface area (Å²) in [7, 11) is -3.77. The van der Waals surface area contributed by atoms with Gasteiger partial charge in [0.1, 0.15) is 6.04 Å². The average Bonchev–Trinajstić information content (AvgIpc) is 3.24. The van der Waals surface area contributed by atoms with E-state index < -0.39 is 33.8 Å². The Kier molecular flexibility index (Phi) is 6.48. The third-order valence-electron chi connectivity index (χ3n) is 4.69. The third kappa shape index (κ3) is 4.84. The van der Waals surface area contributed by atoms with E-state index in [1.165, 1.54) is 40.7 Å². The van der Waals surface area contributed by atoms with Crippen LogP contribution in [0.2, 0.25) is 0 Å². The monoisotopic (exact) mass is 430 g/mol. The number of primary amides is 1. The third-order valence-corrected chi connectivity index (χ3v) is 6.62. The molecule has 1 aliphatic rings. The molecule has 10 heteroatoms. The standard InChI is InChI=1S/C20H22N4O5S/c21-18(25)13-22-19(26)14-8-10-15(11-9-14)23-20(27)17-7-4-12-24(17)30(28,29)16-5-2-1-3-6-16/h1-3,5-6,8-11,17H,4,7,12-13H2,(H2,21,25)(H,22,26)(H,23,27). The molecule has 2 aromatic carbocycles. The molecule has 158 valence electrons. The molecular formula is C20H22N4O5S. The van der Waals surface area contributed by atoms with E-state index in [1.54, 1.807) is 18.2 Å². The van der Waals surface area contributed by atoms with Crippen molar-refractivity contribution in [2.45, 2.75) is 23.8 Å². The quantitative estimate of drug-likeness (QED) is 0.593. The lowest BCUT2D eigenvalue weighted by Gasteiger charge is -2.23. The highest BCUT2D eigenvalue weighted by Gasteiger charge is 2.39. The molecule has 0 saturated carbocycles. The summed E-state index contributed by atoms with van der Waals surface area (Å²) in [5.74, 6) is -1.56. The summed E-state index contributed by atoms with van der Waals surface area (Å²) >= 11 is 0. The largest absolute Gasteiger partial charge is 0.368 e. The van der Waals surface area contributed by atoms with Gasteiger partial charge in [0.05, 0.1) is 11.4 Å². The van der Waals surface area contributed by atoms with Crippen LogP contribution in [-0.4, -0.2) is 49.6 Å². The molecule has 1 atom stereocenters. The van der Waals surface area contributed by atoms with Crippen LogP contribution in [-0.2, 0) is 19.6 Å². The minimum Gasteiger partial charge on any atom is -0.368 e. The number of rotatable bonds is 7. The average molecular weight is 430 g/mol. The molecular weight excluding hydrogens is 408 g/mol. The summed E-state index contributed by atoms with van der Waals surface area (Å²) in [5, 5.41) is 5.07. The van der Waals surface area contributed by atoms with E-state index in [-0.39, 0.29) is 18.0 Å². The van der Waals surface area contributed by atoms with Crippen molar-refractivity contribution in [1.82, 2.24) is 9.62 Å². The Morgan fingerprint density at radius 3 is 2.33 bits per heavy atom. The summed E-state index contributed by atoms with van der Waals surface area (Å²) in [5.41, 5.74) is 5.71. The number of sulfonamides is 1. The normalized spacial score (nSPS) is 16.7. The number of nitrogens with zero attached hydrogens (tertiary/aromatic N) is 1. The molecule has 1 aliphatic heterocycles. The molecule has 3 rings (SSSR count). The Labute approximate surface area is 174 Å².